The van der Waals surface area contributed by atoms with Gasteiger partial charge >= 0.3 is 0 Å². The van der Waals surface area contributed by atoms with Gasteiger partial charge in [0.25, 0.3) is 0 Å². The third kappa shape index (κ3) is 2.70. The molecule has 0 atom stereocenters. The first-order chi connectivity index (χ1) is 7.35. The topological polar surface area (TPSA) is 21.3 Å². The lowest BCUT2D eigenvalue weighted by Gasteiger charge is -2.26. The van der Waals surface area contributed by atoms with Crippen molar-refractivity contribution in [2.24, 2.45) is 5.41 Å². The summed E-state index contributed by atoms with van der Waals surface area (Å²) in [4.78, 5) is 0. The normalized spacial score (nSPS) is 24.1. The van der Waals surface area contributed by atoms with Gasteiger partial charge in [0, 0.05) is 25.1 Å². The van der Waals surface area contributed by atoms with Crippen LogP contribution in [0, 0.1) is 5.41 Å². The monoisotopic (exact) mass is 207 g/mol. The number of allylic oxidation sites excluding steroid dienone is 2. The molecule has 15 heavy (non-hydrogen) atoms. The summed E-state index contributed by atoms with van der Waals surface area (Å²) < 4.78 is 5.30. The van der Waals surface area contributed by atoms with Gasteiger partial charge < -0.3 is 10.1 Å². The average Bonchev–Trinajstić information content (AvgIpc) is 2.85. The van der Waals surface area contributed by atoms with Gasteiger partial charge in [0.2, 0.25) is 0 Å². The lowest BCUT2D eigenvalue weighted by molar-refractivity contribution is 0.135. The van der Waals surface area contributed by atoms with Gasteiger partial charge in [0.05, 0.1) is 6.61 Å². The number of hydrogen-bond donors (Lipinski definition) is 1. The molecule has 1 N–H and O–H groups in total. The van der Waals surface area contributed by atoms with Crippen LogP contribution in [-0.2, 0) is 4.74 Å². The smallest absolute Gasteiger partial charge is 0.0600 e. The molecule has 0 amide bonds. The standard InChI is InChI=1S/C13H21NO/c1-15-11-13(8-4-5-9-13)10-14-12-6-2-3-7-12/h4-5,8-9,12,14H,2-3,6-7,10-11H2,1H3. The summed E-state index contributed by atoms with van der Waals surface area (Å²) in [7, 11) is 1.78. The van der Waals surface area contributed by atoms with E-state index < -0.39 is 0 Å². The largest absolute Gasteiger partial charge is 0.383 e. The third-order valence-electron chi connectivity index (χ3n) is 3.46. The van der Waals surface area contributed by atoms with Crippen molar-refractivity contribution in [3.05, 3.63) is 24.3 Å². The first-order valence-electron chi connectivity index (χ1n) is 5.94. The molecular formula is C13H21NO. The first kappa shape index (κ1) is 10.9. The van der Waals surface area contributed by atoms with Crippen LogP contribution in [0.5, 0.6) is 0 Å². The third-order valence-corrected chi connectivity index (χ3v) is 3.46. The molecular weight excluding hydrogens is 186 g/mol. The van der Waals surface area contributed by atoms with E-state index in [9.17, 15) is 0 Å². The van der Waals surface area contributed by atoms with Crippen molar-refractivity contribution in [2.75, 3.05) is 20.3 Å². The molecule has 2 aliphatic rings. The predicted molar refractivity (Wildman–Crippen MR) is 62.8 cm³/mol. The van der Waals surface area contributed by atoms with E-state index in [4.69, 9.17) is 4.74 Å². The van der Waals surface area contributed by atoms with Gasteiger partial charge in [0.15, 0.2) is 0 Å². The van der Waals surface area contributed by atoms with E-state index in [0.717, 1.165) is 19.2 Å². The Bertz CT molecular complexity index is 239. The Morgan fingerprint density at radius 2 is 1.93 bits per heavy atom. The second kappa shape index (κ2) is 4.95. The molecule has 84 valence electrons. The Balaban J connectivity index is 1.84. The van der Waals surface area contributed by atoms with E-state index in [1.165, 1.54) is 25.7 Å². The molecule has 0 aromatic heterocycles. The highest BCUT2D eigenvalue weighted by Crippen LogP contribution is 2.27. The number of hydrogen-bond acceptors (Lipinski definition) is 2. The number of nitrogens with one attached hydrogen (secondary N) is 1. The van der Waals surface area contributed by atoms with Crippen molar-refractivity contribution in [3.8, 4) is 0 Å². The van der Waals surface area contributed by atoms with Gasteiger partial charge in [0.1, 0.15) is 0 Å². The number of rotatable bonds is 5. The number of methoxy groups -OCH3 is 1. The van der Waals surface area contributed by atoms with Crippen molar-refractivity contribution < 1.29 is 4.74 Å². The van der Waals surface area contributed by atoms with Crippen LogP contribution in [0.1, 0.15) is 25.7 Å². The highest BCUT2D eigenvalue weighted by Gasteiger charge is 2.27. The highest BCUT2D eigenvalue weighted by atomic mass is 16.5. The van der Waals surface area contributed by atoms with Gasteiger partial charge in [-0.05, 0) is 12.8 Å². The SMILES string of the molecule is COCC1(CNC2CCCC2)C=CC=C1. The van der Waals surface area contributed by atoms with Crippen LogP contribution in [-0.4, -0.2) is 26.3 Å². The molecule has 1 fully saturated rings. The van der Waals surface area contributed by atoms with Crippen molar-refractivity contribution in [1.29, 1.82) is 0 Å². The van der Waals surface area contributed by atoms with E-state index in [2.05, 4.69) is 29.6 Å². The summed E-state index contributed by atoms with van der Waals surface area (Å²) in [5.74, 6) is 0. The predicted octanol–water partition coefficient (Wildman–Crippen LogP) is 2.28. The van der Waals surface area contributed by atoms with Crippen LogP contribution in [0.3, 0.4) is 0 Å². The quantitative estimate of drug-likeness (QED) is 0.746. The van der Waals surface area contributed by atoms with Gasteiger partial charge in [-0.2, -0.15) is 0 Å². The molecule has 0 aromatic carbocycles. The molecule has 0 aliphatic heterocycles. The zero-order chi connectivity index (χ0) is 10.6. The zero-order valence-corrected chi connectivity index (χ0v) is 9.54. The molecule has 0 unspecified atom stereocenters. The van der Waals surface area contributed by atoms with E-state index in [1.54, 1.807) is 7.11 Å². The second-order valence-electron chi connectivity index (χ2n) is 4.75. The minimum Gasteiger partial charge on any atom is -0.383 e. The van der Waals surface area contributed by atoms with Gasteiger partial charge in [-0.15, -0.1) is 0 Å². The fourth-order valence-corrected chi connectivity index (χ4v) is 2.55. The van der Waals surface area contributed by atoms with E-state index in [0.29, 0.717) is 0 Å². The second-order valence-corrected chi connectivity index (χ2v) is 4.75. The maximum atomic E-state index is 5.30. The Morgan fingerprint density at radius 3 is 2.53 bits per heavy atom. The minimum absolute atomic E-state index is 0.108. The molecule has 0 aromatic rings. The molecule has 0 bridgehead atoms. The molecule has 2 heteroatoms. The molecule has 0 heterocycles. The fraction of sp³-hybridized carbons (Fsp3) is 0.692. The molecule has 2 aliphatic carbocycles. The van der Waals surface area contributed by atoms with Crippen LogP contribution in [0.4, 0.5) is 0 Å². The molecule has 1 saturated carbocycles. The lowest BCUT2D eigenvalue weighted by Crippen LogP contribution is -2.38. The van der Waals surface area contributed by atoms with Crippen molar-refractivity contribution >= 4 is 0 Å². The maximum absolute atomic E-state index is 5.30. The molecule has 0 radical (unpaired) electrons. The van der Waals surface area contributed by atoms with Crippen LogP contribution >= 0.6 is 0 Å². The van der Waals surface area contributed by atoms with E-state index in [-0.39, 0.29) is 5.41 Å². The van der Waals surface area contributed by atoms with Crippen LogP contribution < -0.4 is 5.32 Å². The van der Waals surface area contributed by atoms with Gasteiger partial charge in [-0.1, -0.05) is 37.1 Å². The average molecular weight is 207 g/mol. The van der Waals surface area contributed by atoms with Gasteiger partial charge in [-0.3, -0.25) is 0 Å². The molecule has 2 rings (SSSR count). The van der Waals surface area contributed by atoms with Gasteiger partial charge in [-0.25, -0.2) is 0 Å². The maximum Gasteiger partial charge on any atom is 0.0600 e. The van der Waals surface area contributed by atoms with Crippen LogP contribution in [0.25, 0.3) is 0 Å². The number of ether oxygens (including phenoxy) is 1. The summed E-state index contributed by atoms with van der Waals surface area (Å²) in [6, 6.07) is 0.737. The van der Waals surface area contributed by atoms with Crippen LogP contribution in [0.15, 0.2) is 24.3 Å². The molecule has 0 saturated heterocycles. The van der Waals surface area contributed by atoms with E-state index in [1.807, 2.05) is 0 Å². The Hall–Kier alpha value is -0.600. The van der Waals surface area contributed by atoms with E-state index >= 15 is 0 Å². The summed E-state index contributed by atoms with van der Waals surface area (Å²) >= 11 is 0. The minimum atomic E-state index is 0.108. The summed E-state index contributed by atoms with van der Waals surface area (Å²) in [6.45, 7) is 1.79. The summed E-state index contributed by atoms with van der Waals surface area (Å²) in [5.41, 5.74) is 0.108. The Labute approximate surface area is 92.4 Å². The Kier molecular flexibility index (Phi) is 3.60. The summed E-state index contributed by atoms with van der Waals surface area (Å²) in [6.07, 6.45) is 14.2. The van der Waals surface area contributed by atoms with Crippen molar-refractivity contribution in [1.82, 2.24) is 5.32 Å². The Morgan fingerprint density at radius 1 is 1.27 bits per heavy atom. The lowest BCUT2D eigenvalue weighted by atomic mass is 9.91. The highest BCUT2D eigenvalue weighted by molar-refractivity contribution is 5.25. The summed E-state index contributed by atoms with van der Waals surface area (Å²) in [5, 5.41) is 3.67. The van der Waals surface area contributed by atoms with Crippen molar-refractivity contribution in [3.63, 3.8) is 0 Å². The fourth-order valence-electron chi connectivity index (χ4n) is 2.55. The van der Waals surface area contributed by atoms with Crippen LogP contribution in [0.2, 0.25) is 0 Å². The molecule has 0 spiro atoms. The zero-order valence-electron chi connectivity index (χ0n) is 9.54. The molecule has 2 nitrogen and oxygen atoms in total. The van der Waals surface area contributed by atoms with Crippen molar-refractivity contribution in [2.45, 2.75) is 31.7 Å². The first-order valence-corrected chi connectivity index (χ1v) is 5.94.